The first-order valence-electron chi connectivity index (χ1n) is 6.49. The largest absolute Gasteiger partial charge is 0.484 e. The van der Waals surface area contributed by atoms with Crippen LogP contribution in [0, 0.1) is 0 Å². The number of benzene rings is 1. The molecular formula is C14H19BrN2O3. The van der Waals surface area contributed by atoms with Crippen LogP contribution in [0.25, 0.3) is 0 Å². The number of nitrogens with one attached hydrogen (secondary N) is 1. The highest BCUT2D eigenvalue weighted by molar-refractivity contribution is 9.10. The smallest absolute Gasteiger partial charge is 0.260 e. The molecule has 1 aromatic carbocycles. The lowest BCUT2D eigenvalue weighted by Gasteiger charge is -2.20. The molecule has 0 unspecified atom stereocenters. The van der Waals surface area contributed by atoms with E-state index < -0.39 is 0 Å². The van der Waals surface area contributed by atoms with Crippen LogP contribution in [0.2, 0.25) is 0 Å². The molecule has 1 aromatic rings. The van der Waals surface area contributed by atoms with Gasteiger partial charge in [0.2, 0.25) is 5.91 Å². The number of hydrogen-bond acceptors (Lipinski definition) is 3. The Labute approximate surface area is 127 Å². The molecule has 0 fully saturated rings. The fraction of sp³-hybridized carbons (Fsp3) is 0.429. The first-order valence-corrected chi connectivity index (χ1v) is 7.29. The van der Waals surface area contributed by atoms with Crippen molar-refractivity contribution >= 4 is 27.7 Å². The fourth-order valence-corrected chi connectivity index (χ4v) is 1.83. The maximum atomic E-state index is 12.0. The van der Waals surface area contributed by atoms with Crippen molar-refractivity contribution in [1.29, 1.82) is 0 Å². The molecule has 20 heavy (non-hydrogen) atoms. The highest BCUT2D eigenvalue weighted by Crippen LogP contribution is 2.16. The summed E-state index contributed by atoms with van der Waals surface area (Å²) in [4.78, 5) is 24.9. The number of hydrogen-bond donors (Lipinski definition) is 1. The van der Waals surface area contributed by atoms with Crippen LogP contribution in [0.1, 0.15) is 13.8 Å². The van der Waals surface area contributed by atoms with E-state index in [0.717, 1.165) is 4.47 Å². The highest BCUT2D eigenvalue weighted by Gasteiger charge is 2.15. The molecule has 1 rings (SSSR count). The van der Waals surface area contributed by atoms with Crippen LogP contribution >= 0.6 is 15.9 Å². The van der Waals surface area contributed by atoms with Gasteiger partial charge in [0.1, 0.15) is 5.75 Å². The normalized spacial score (nSPS) is 9.95. The van der Waals surface area contributed by atoms with Gasteiger partial charge in [0.25, 0.3) is 5.91 Å². The van der Waals surface area contributed by atoms with Crippen LogP contribution in [0.4, 0.5) is 0 Å². The molecule has 0 aliphatic heterocycles. The van der Waals surface area contributed by atoms with Crippen molar-refractivity contribution in [2.24, 2.45) is 0 Å². The van der Waals surface area contributed by atoms with Gasteiger partial charge in [-0.2, -0.15) is 0 Å². The molecule has 110 valence electrons. The molecule has 0 saturated heterocycles. The van der Waals surface area contributed by atoms with E-state index in [0.29, 0.717) is 18.8 Å². The first-order chi connectivity index (χ1) is 9.56. The molecule has 0 spiro atoms. The number of nitrogens with zero attached hydrogens (tertiary/aromatic N) is 1. The number of halogens is 1. The summed E-state index contributed by atoms with van der Waals surface area (Å²) in [6.07, 6.45) is 0. The molecule has 2 amide bonds. The maximum absolute atomic E-state index is 12.0. The zero-order valence-corrected chi connectivity index (χ0v) is 13.3. The van der Waals surface area contributed by atoms with Gasteiger partial charge in [0, 0.05) is 17.6 Å². The van der Waals surface area contributed by atoms with Gasteiger partial charge < -0.3 is 15.0 Å². The third-order valence-electron chi connectivity index (χ3n) is 2.62. The minimum atomic E-state index is -0.207. The molecule has 0 radical (unpaired) electrons. The molecule has 0 aliphatic carbocycles. The molecule has 5 nitrogen and oxygen atoms in total. The van der Waals surface area contributed by atoms with E-state index in [1.54, 1.807) is 12.1 Å². The van der Waals surface area contributed by atoms with E-state index in [9.17, 15) is 9.59 Å². The second kappa shape index (κ2) is 8.58. The number of amides is 2. The summed E-state index contributed by atoms with van der Waals surface area (Å²) in [7, 11) is 0. The number of carbonyl (C=O) groups is 2. The molecular weight excluding hydrogens is 324 g/mol. The molecule has 6 heteroatoms. The highest BCUT2D eigenvalue weighted by atomic mass is 79.9. The number of carbonyl (C=O) groups excluding carboxylic acids is 2. The second-order valence-electron chi connectivity index (χ2n) is 4.10. The van der Waals surface area contributed by atoms with Crippen molar-refractivity contribution in [3.05, 3.63) is 28.7 Å². The fourth-order valence-electron chi connectivity index (χ4n) is 1.57. The Kier molecular flexibility index (Phi) is 7.08. The van der Waals surface area contributed by atoms with Crippen molar-refractivity contribution in [3.63, 3.8) is 0 Å². The molecule has 0 bridgehead atoms. The predicted octanol–water partition coefficient (Wildman–Crippen LogP) is 1.81. The molecule has 0 aliphatic rings. The summed E-state index contributed by atoms with van der Waals surface area (Å²) in [5, 5.41) is 2.67. The summed E-state index contributed by atoms with van der Waals surface area (Å²) in [6.45, 7) is 4.69. The van der Waals surface area contributed by atoms with E-state index in [1.807, 2.05) is 26.0 Å². The van der Waals surface area contributed by atoms with Crippen LogP contribution in [0.3, 0.4) is 0 Å². The Morgan fingerprint density at radius 2 is 1.90 bits per heavy atom. The summed E-state index contributed by atoms with van der Waals surface area (Å²) in [5.74, 6) is 0.253. The van der Waals surface area contributed by atoms with Gasteiger partial charge in [-0.05, 0) is 38.1 Å². The van der Waals surface area contributed by atoms with Crippen molar-refractivity contribution in [2.45, 2.75) is 13.8 Å². The number of ether oxygens (including phenoxy) is 1. The van der Waals surface area contributed by atoms with Crippen LogP contribution in [-0.2, 0) is 9.59 Å². The minimum Gasteiger partial charge on any atom is -0.484 e. The molecule has 0 aromatic heterocycles. The zero-order valence-electron chi connectivity index (χ0n) is 11.7. The molecule has 0 atom stereocenters. The monoisotopic (exact) mass is 342 g/mol. The minimum absolute atomic E-state index is 0.0624. The molecule has 0 saturated carbocycles. The lowest BCUT2D eigenvalue weighted by Crippen LogP contribution is -2.42. The topological polar surface area (TPSA) is 58.6 Å². The summed E-state index contributed by atoms with van der Waals surface area (Å²) < 4.78 is 6.35. The third-order valence-corrected chi connectivity index (χ3v) is 3.15. The van der Waals surface area contributed by atoms with Crippen molar-refractivity contribution < 1.29 is 14.3 Å². The standard InChI is InChI=1S/C14H19BrN2O3/c1-3-16-13(18)9-17(4-2)14(19)10-20-12-7-5-11(15)6-8-12/h5-8H,3-4,9-10H2,1-2H3,(H,16,18). The Morgan fingerprint density at radius 1 is 1.25 bits per heavy atom. The molecule has 1 N–H and O–H groups in total. The van der Waals surface area contributed by atoms with Gasteiger partial charge in [0.05, 0.1) is 6.54 Å². The van der Waals surface area contributed by atoms with Crippen LogP contribution in [0.5, 0.6) is 5.75 Å². The first kappa shape index (κ1) is 16.5. The van der Waals surface area contributed by atoms with E-state index >= 15 is 0 Å². The SMILES string of the molecule is CCNC(=O)CN(CC)C(=O)COc1ccc(Br)cc1. The van der Waals surface area contributed by atoms with Gasteiger partial charge in [-0.15, -0.1) is 0 Å². The van der Waals surface area contributed by atoms with Crippen molar-refractivity contribution in [3.8, 4) is 5.75 Å². The van der Waals surface area contributed by atoms with Crippen LogP contribution in [0.15, 0.2) is 28.7 Å². The van der Waals surface area contributed by atoms with E-state index in [1.165, 1.54) is 4.90 Å². The van der Waals surface area contributed by atoms with Crippen molar-refractivity contribution in [2.75, 3.05) is 26.2 Å². The van der Waals surface area contributed by atoms with Crippen LogP contribution in [-0.4, -0.2) is 43.0 Å². The summed E-state index contributed by atoms with van der Waals surface area (Å²) in [6, 6.07) is 7.23. The molecule has 0 heterocycles. The van der Waals surface area contributed by atoms with E-state index in [-0.39, 0.29) is 25.0 Å². The van der Waals surface area contributed by atoms with Gasteiger partial charge in [-0.3, -0.25) is 9.59 Å². The van der Waals surface area contributed by atoms with Crippen LogP contribution < -0.4 is 10.1 Å². The van der Waals surface area contributed by atoms with E-state index in [4.69, 9.17) is 4.74 Å². The number of likely N-dealkylation sites (N-methyl/N-ethyl adjacent to an activating group) is 2. The lowest BCUT2D eigenvalue weighted by molar-refractivity contribution is -0.137. The van der Waals surface area contributed by atoms with Gasteiger partial charge in [-0.25, -0.2) is 0 Å². The predicted molar refractivity (Wildman–Crippen MR) is 80.6 cm³/mol. The average Bonchev–Trinajstić information content (AvgIpc) is 2.44. The van der Waals surface area contributed by atoms with Crippen molar-refractivity contribution in [1.82, 2.24) is 10.2 Å². The Balaban J connectivity index is 2.46. The Hall–Kier alpha value is -1.56. The van der Waals surface area contributed by atoms with E-state index in [2.05, 4.69) is 21.2 Å². The third kappa shape index (κ3) is 5.61. The van der Waals surface area contributed by atoms with Gasteiger partial charge in [0.15, 0.2) is 6.61 Å². The summed E-state index contributed by atoms with van der Waals surface area (Å²) in [5.41, 5.74) is 0. The zero-order chi connectivity index (χ0) is 15.0. The average molecular weight is 343 g/mol. The maximum Gasteiger partial charge on any atom is 0.260 e. The summed E-state index contributed by atoms with van der Waals surface area (Å²) >= 11 is 3.33. The van der Waals surface area contributed by atoms with Gasteiger partial charge >= 0.3 is 0 Å². The number of rotatable bonds is 7. The second-order valence-corrected chi connectivity index (χ2v) is 5.02. The van der Waals surface area contributed by atoms with Gasteiger partial charge in [-0.1, -0.05) is 15.9 Å². The lowest BCUT2D eigenvalue weighted by atomic mass is 10.3. The Morgan fingerprint density at radius 3 is 2.45 bits per heavy atom. The Bertz CT molecular complexity index is 448. The quantitative estimate of drug-likeness (QED) is 0.822.